The molecular weight excluding hydrogens is 747 g/mol. The summed E-state index contributed by atoms with van der Waals surface area (Å²) in [6, 6.07) is 70.3. The summed E-state index contributed by atoms with van der Waals surface area (Å²) in [6.45, 7) is 0. The summed E-state index contributed by atoms with van der Waals surface area (Å²) in [5.41, 5.74) is 13.3. The van der Waals surface area contributed by atoms with Gasteiger partial charge in [0.25, 0.3) is 0 Å². The Balaban J connectivity index is 1.10. The van der Waals surface area contributed by atoms with E-state index in [9.17, 15) is 0 Å². The van der Waals surface area contributed by atoms with Crippen LogP contribution in [0.3, 0.4) is 0 Å². The van der Waals surface area contributed by atoms with Gasteiger partial charge in [-0.1, -0.05) is 164 Å². The maximum atomic E-state index is 7.01. The van der Waals surface area contributed by atoms with Gasteiger partial charge in [0.2, 0.25) is 5.71 Å². The third-order valence-electron chi connectivity index (χ3n) is 12.2. The van der Waals surface area contributed by atoms with Crippen molar-refractivity contribution < 1.29 is 8.83 Å². The summed E-state index contributed by atoms with van der Waals surface area (Å²) < 4.78 is 16.1. The van der Waals surface area contributed by atoms with Crippen LogP contribution in [0.4, 0.5) is 0 Å². The van der Waals surface area contributed by atoms with E-state index in [1.165, 1.54) is 38.2 Å². The van der Waals surface area contributed by atoms with Crippen LogP contribution in [0.15, 0.2) is 209 Å². The van der Waals surface area contributed by atoms with E-state index in [1.54, 1.807) is 0 Å². The molecule has 0 spiro atoms. The summed E-state index contributed by atoms with van der Waals surface area (Å²) in [7, 11) is 0. The van der Waals surface area contributed by atoms with Gasteiger partial charge in [0.15, 0.2) is 5.82 Å². The molecule has 0 bridgehead atoms. The van der Waals surface area contributed by atoms with Gasteiger partial charge in [0.05, 0.1) is 33.2 Å². The van der Waals surface area contributed by atoms with Crippen LogP contribution >= 0.6 is 0 Å². The van der Waals surface area contributed by atoms with Crippen molar-refractivity contribution >= 4 is 76.6 Å². The van der Waals surface area contributed by atoms with E-state index in [-0.39, 0.29) is 0 Å². The molecule has 4 aromatic heterocycles. The quantitative estimate of drug-likeness (QED) is 0.175. The van der Waals surface area contributed by atoms with Crippen LogP contribution in [0, 0.1) is 0 Å². The lowest BCUT2D eigenvalue weighted by molar-refractivity contribution is 0.653. The Morgan fingerprint density at radius 2 is 1.03 bits per heavy atom. The van der Waals surface area contributed by atoms with Crippen LogP contribution in [-0.2, 0) is 0 Å². The minimum absolute atomic E-state index is 0.526. The Morgan fingerprint density at radius 1 is 0.393 bits per heavy atom. The fourth-order valence-corrected chi connectivity index (χ4v) is 9.42. The maximum absolute atomic E-state index is 7.01. The maximum Gasteiger partial charge on any atom is 0.231 e. The fraction of sp³-hybridized carbons (Fsp3) is 0. The summed E-state index contributed by atoms with van der Waals surface area (Å²) in [5.74, 6) is 0.584. The van der Waals surface area contributed by atoms with E-state index in [0.717, 1.165) is 77.4 Å². The van der Waals surface area contributed by atoms with Crippen LogP contribution in [0.5, 0.6) is 0 Å². The van der Waals surface area contributed by atoms with E-state index in [0.29, 0.717) is 11.5 Å². The number of rotatable bonds is 5. The monoisotopic (exact) mass is 779 g/mol. The van der Waals surface area contributed by atoms with Crippen LogP contribution < -0.4 is 0 Å². The molecule has 4 heterocycles. The lowest BCUT2D eigenvalue weighted by atomic mass is 9.98. The van der Waals surface area contributed by atoms with Gasteiger partial charge in [-0.05, 0) is 64.0 Å². The van der Waals surface area contributed by atoms with Crippen molar-refractivity contribution in [3.8, 4) is 50.6 Å². The SMILES string of the molecule is c1ccc(-c2ccc(-c3ccc4oc5nc(-c6ccccc6)nc(-c6ccc(-n7c8ccccc8c8ccc9ccccc9c87)c7c6oc6ccccc67)c5c4c3)cc2)cc1. The van der Waals surface area contributed by atoms with E-state index >= 15 is 0 Å². The summed E-state index contributed by atoms with van der Waals surface area (Å²) in [5, 5.41) is 8.64. The van der Waals surface area contributed by atoms with E-state index in [1.807, 2.05) is 42.5 Å². The Labute approximate surface area is 349 Å². The van der Waals surface area contributed by atoms with Crippen molar-refractivity contribution in [2.45, 2.75) is 0 Å². The number of furan rings is 2. The molecule has 0 saturated heterocycles. The number of para-hydroxylation sites is 2. The van der Waals surface area contributed by atoms with Gasteiger partial charge in [-0.3, -0.25) is 0 Å². The van der Waals surface area contributed by atoms with E-state index in [2.05, 4.69) is 162 Å². The van der Waals surface area contributed by atoms with Gasteiger partial charge < -0.3 is 13.4 Å². The lowest BCUT2D eigenvalue weighted by Crippen LogP contribution is -1.98. The molecule has 5 heteroatoms. The Morgan fingerprint density at radius 3 is 1.85 bits per heavy atom. The zero-order valence-corrected chi connectivity index (χ0v) is 32.7. The topological polar surface area (TPSA) is 57.0 Å². The third kappa shape index (κ3) is 5.14. The molecule has 0 radical (unpaired) electrons. The number of hydrogen-bond donors (Lipinski definition) is 0. The molecular formula is C56H33N3O2. The number of fused-ring (bicyclic) bond motifs is 11. The molecule has 284 valence electrons. The first-order valence-electron chi connectivity index (χ1n) is 20.6. The number of hydrogen-bond acceptors (Lipinski definition) is 4. The molecule has 0 atom stereocenters. The highest BCUT2D eigenvalue weighted by molar-refractivity contribution is 6.22. The fourth-order valence-electron chi connectivity index (χ4n) is 9.42. The van der Waals surface area contributed by atoms with Gasteiger partial charge in [-0.15, -0.1) is 0 Å². The molecule has 0 aliphatic carbocycles. The molecule has 0 aliphatic heterocycles. The Kier molecular flexibility index (Phi) is 7.24. The van der Waals surface area contributed by atoms with Crippen LogP contribution in [0.2, 0.25) is 0 Å². The number of benzene rings is 9. The molecule has 0 aliphatic rings. The lowest BCUT2D eigenvalue weighted by Gasteiger charge is -2.14. The zero-order valence-electron chi connectivity index (χ0n) is 32.7. The highest BCUT2D eigenvalue weighted by Crippen LogP contribution is 2.46. The highest BCUT2D eigenvalue weighted by Gasteiger charge is 2.25. The van der Waals surface area contributed by atoms with Gasteiger partial charge in [0, 0.05) is 38.1 Å². The first-order chi connectivity index (χ1) is 30.2. The predicted molar refractivity (Wildman–Crippen MR) is 250 cm³/mol. The normalized spacial score (nSPS) is 11.9. The summed E-state index contributed by atoms with van der Waals surface area (Å²) >= 11 is 0. The standard InChI is InChI=1S/C56H33N3O2/c1-3-13-34(14-4-1)35-23-25-36(26-24-35)39-28-32-49-45(33-39)51-52(57-55(58-56(51)61-49)38-16-5-2-6-17-38)44-30-31-47(50-43-20-10-12-22-48(43)60-54(44)50)59-46-21-11-9-19-41(46)42-29-27-37-15-7-8-18-40(37)53(42)59/h1-33H. The molecule has 0 unspecified atom stereocenters. The van der Waals surface area contributed by atoms with Crippen LogP contribution in [0.1, 0.15) is 0 Å². The Hall–Kier alpha value is -8.28. The van der Waals surface area contributed by atoms with Gasteiger partial charge in [-0.25, -0.2) is 4.98 Å². The smallest absolute Gasteiger partial charge is 0.231 e. The Bertz CT molecular complexity index is 3860. The molecule has 5 nitrogen and oxygen atoms in total. The molecule has 0 N–H and O–H groups in total. The average Bonchev–Trinajstić information content (AvgIpc) is 4.02. The molecule has 61 heavy (non-hydrogen) atoms. The van der Waals surface area contributed by atoms with Gasteiger partial charge in [0.1, 0.15) is 16.7 Å². The molecule has 9 aromatic carbocycles. The molecule has 13 aromatic rings. The van der Waals surface area contributed by atoms with Gasteiger partial charge in [-0.2, -0.15) is 4.98 Å². The molecule has 0 fully saturated rings. The van der Waals surface area contributed by atoms with E-state index in [4.69, 9.17) is 18.8 Å². The number of aromatic nitrogens is 3. The summed E-state index contributed by atoms with van der Waals surface area (Å²) in [6.07, 6.45) is 0. The molecule has 13 rings (SSSR count). The van der Waals surface area contributed by atoms with Crippen LogP contribution in [-0.4, -0.2) is 14.5 Å². The van der Waals surface area contributed by atoms with Crippen molar-refractivity contribution in [3.05, 3.63) is 200 Å². The predicted octanol–water partition coefficient (Wildman–Crippen LogP) is 15.2. The first kappa shape index (κ1) is 33.7. The third-order valence-corrected chi connectivity index (χ3v) is 12.2. The van der Waals surface area contributed by atoms with Crippen molar-refractivity contribution in [1.82, 2.24) is 14.5 Å². The van der Waals surface area contributed by atoms with Crippen molar-refractivity contribution in [2.24, 2.45) is 0 Å². The molecule has 0 amide bonds. The largest absolute Gasteiger partial charge is 0.455 e. The second-order valence-electron chi connectivity index (χ2n) is 15.7. The summed E-state index contributed by atoms with van der Waals surface area (Å²) in [4.78, 5) is 10.5. The van der Waals surface area contributed by atoms with Crippen molar-refractivity contribution in [3.63, 3.8) is 0 Å². The zero-order chi connectivity index (χ0) is 40.0. The highest BCUT2D eigenvalue weighted by atomic mass is 16.3. The minimum Gasteiger partial charge on any atom is -0.455 e. The average molecular weight is 780 g/mol. The van der Waals surface area contributed by atoms with E-state index < -0.39 is 0 Å². The molecule has 0 saturated carbocycles. The first-order valence-corrected chi connectivity index (χ1v) is 20.6. The second kappa shape index (κ2) is 13.1. The van der Waals surface area contributed by atoms with Crippen LogP contribution in [0.25, 0.3) is 127 Å². The second-order valence-corrected chi connectivity index (χ2v) is 15.7. The van der Waals surface area contributed by atoms with Crippen molar-refractivity contribution in [2.75, 3.05) is 0 Å². The van der Waals surface area contributed by atoms with Crippen molar-refractivity contribution in [1.29, 1.82) is 0 Å². The number of nitrogens with zero attached hydrogens (tertiary/aromatic N) is 3. The van der Waals surface area contributed by atoms with Gasteiger partial charge >= 0.3 is 0 Å². The minimum atomic E-state index is 0.526.